The molecule has 0 aliphatic heterocycles. The van der Waals surface area contributed by atoms with Crippen molar-refractivity contribution in [3.63, 3.8) is 0 Å². The molecule has 1 rings (SSSR count). The van der Waals surface area contributed by atoms with Gasteiger partial charge in [-0.3, -0.25) is 0 Å². The van der Waals surface area contributed by atoms with Crippen molar-refractivity contribution in [2.24, 2.45) is 0 Å². The summed E-state index contributed by atoms with van der Waals surface area (Å²) in [6, 6.07) is 8.40. The van der Waals surface area contributed by atoms with Crippen LogP contribution in [0, 0.1) is 0 Å². The Kier molecular flexibility index (Phi) is 6.12. The van der Waals surface area contributed by atoms with E-state index in [1.54, 1.807) is 0 Å². The van der Waals surface area contributed by atoms with E-state index in [4.69, 9.17) is 5.11 Å². The molecule has 0 amide bonds. The predicted molar refractivity (Wildman–Crippen MR) is 66.6 cm³/mol. The Morgan fingerprint density at radius 2 is 1.81 bits per heavy atom. The van der Waals surface area contributed by atoms with Gasteiger partial charge in [0, 0.05) is 12.5 Å². The van der Waals surface area contributed by atoms with Crippen LogP contribution in [-0.4, -0.2) is 23.4 Å². The molecular formula is C14H22O2. The van der Waals surface area contributed by atoms with Gasteiger partial charge in [-0.1, -0.05) is 37.6 Å². The molecule has 0 aliphatic rings. The summed E-state index contributed by atoms with van der Waals surface area (Å²) < 4.78 is 0. The fraction of sp³-hybridized carbons (Fsp3) is 0.571. The summed E-state index contributed by atoms with van der Waals surface area (Å²) in [7, 11) is 0. The average molecular weight is 222 g/mol. The van der Waals surface area contributed by atoms with Gasteiger partial charge in [-0.2, -0.15) is 0 Å². The van der Waals surface area contributed by atoms with Crippen molar-refractivity contribution in [2.75, 3.05) is 13.2 Å². The topological polar surface area (TPSA) is 40.5 Å². The van der Waals surface area contributed by atoms with Crippen molar-refractivity contribution in [1.82, 2.24) is 0 Å². The number of aryl methyl sites for hydroxylation is 1. The standard InChI is InChI=1S/C14H22O2/c1-2-3-4-12-5-7-13(8-6-12)14(11-16)9-10-15/h5-8,14-16H,2-4,9-11H2,1H3. The van der Waals surface area contributed by atoms with Gasteiger partial charge in [-0.25, -0.2) is 0 Å². The van der Waals surface area contributed by atoms with Crippen molar-refractivity contribution in [1.29, 1.82) is 0 Å². The smallest absolute Gasteiger partial charge is 0.0500 e. The maximum atomic E-state index is 9.21. The zero-order valence-electron chi connectivity index (χ0n) is 10.0. The van der Waals surface area contributed by atoms with Crippen LogP contribution >= 0.6 is 0 Å². The summed E-state index contributed by atoms with van der Waals surface area (Å²) in [4.78, 5) is 0. The Balaban J connectivity index is 2.61. The number of aliphatic hydroxyl groups excluding tert-OH is 2. The molecule has 1 unspecified atom stereocenters. The van der Waals surface area contributed by atoms with E-state index in [-0.39, 0.29) is 19.1 Å². The van der Waals surface area contributed by atoms with E-state index < -0.39 is 0 Å². The maximum Gasteiger partial charge on any atom is 0.0500 e. The second-order valence-corrected chi connectivity index (χ2v) is 4.24. The highest BCUT2D eigenvalue weighted by Gasteiger charge is 2.09. The minimum Gasteiger partial charge on any atom is -0.396 e. The van der Waals surface area contributed by atoms with Gasteiger partial charge in [0.1, 0.15) is 0 Å². The molecule has 16 heavy (non-hydrogen) atoms. The maximum absolute atomic E-state index is 9.21. The molecule has 2 nitrogen and oxygen atoms in total. The first-order valence-electron chi connectivity index (χ1n) is 6.12. The molecule has 2 N–H and O–H groups in total. The van der Waals surface area contributed by atoms with Crippen molar-refractivity contribution >= 4 is 0 Å². The fourth-order valence-corrected chi connectivity index (χ4v) is 1.86. The van der Waals surface area contributed by atoms with Crippen LogP contribution in [0.5, 0.6) is 0 Å². The number of hydrogen-bond donors (Lipinski definition) is 2. The zero-order valence-corrected chi connectivity index (χ0v) is 10.0. The average Bonchev–Trinajstić information content (AvgIpc) is 2.34. The van der Waals surface area contributed by atoms with Crippen molar-refractivity contribution < 1.29 is 10.2 Å². The number of aliphatic hydroxyl groups is 2. The van der Waals surface area contributed by atoms with E-state index in [1.165, 1.54) is 18.4 Å². The van der Waals surface area contributed by atoms with Crippen molar-refractivity contribution in [2.45, 2.75) is 38.5 Å². The quantitative estimate of drug-likeness (QED) is 0.744. The molecule has 1 atom stereocenters. The molecule has 1 aromatic carbocycles. The van der Waals surface area contributed by atoms with E-state index in [9.17, 15) is 5.11 Å². The van der Waals surface area contributed by atoms with E-state index in [2.05, 4.69) is 31.2 Å². The van der Waals surface area contributed by atoms with Crippen LogP contribution in [0.25, 0.3) is 0 Å². The second-order valence-electron chi connectivity index (χ2n) is 4.24. The first-order chi connectivity index (χ1) is 7.81. The van der Waals surface area contributed by atoms with Gasteiger partial charge in [0.2, 0.25) is 0 Å². The molecule has 0 aromatic heterocycles. The van der Waals surface area contributed by atoms with Gasteiger partial charge in [-0.15, -0.1) is 0 Å². The fourth-order valence-electron chi connectivity index (χ4n) is 1.86. The van der Waals surface area contributed by atoms with Gasteiger partial charge in [0.15, 0.2) is 0 Å². The third-order valence-electron chi connectivity index (χ3n) is 2.97. The summed E-state index contributed by atoms with van der Waals surface area (Å²) in [5.74, 6) is 0.0743. The minimum atomic E-state index is 0.0743. The molecule has 2 heteroatoms. The third kappa shape index (κ3) is 3.95. The van der Waals surface area contributed by atoms with Crippen molar-refractivity contribution in [3.05, 3.63) is 35.4 Å². The lowest BCUT2D eigenvalue weighted by atomic mass is 9.95. The van der Waals surface area contributed by atoms with Crippen LogP contribution in [0.15, 0.2) is 24.3 Å². The van der Waals surface area contributed by atoms with Gasteiger partial charge in [0.25, 0.3) is 0 Å². The molecule has 0 saturated carbocycles. The predicted octanol–water partition coefficient (Wildman–Crippen LogP) is 2.49. The van der Waals surface area contributed by atoms with Crippen LogP contribution in [0.1, 0.15) is 43.2 Å². The third-order valence-corrected chi connectivity index (χ3v) is 2.97. The SMILES string of the molecule is CCCCc1ccc(C(CO)CCO)cc1. The molecule has 0 radical (unpaired) electrons. The van der Waals surface area contributed by atoms with Crippen LogP contribution in [0.4, 0.5) is 0 Å². The molecular weight excluding hydrogens is 200 g/mol. The molecule has 0 spiro atoms. The van der Waals surface area contributed by atoms with Gasteiger partial charge in [-0.05, 0) is 30.4 Å². The Labute approximate surface area is 97.9 Å². The van der Waals surface area contributed by atoms with Crippen LogP contribution in [0.2, 0.25) is 0 Å². The highest BCUT2D eigenvalue weighted by atomic mass is 16.3. The molecule has 0 bridgehead atoms. The normalized spacial score (nSPS) is 12.7. The monoisotopic (exact) mass is 222 g/mol. The Bertz CT molecular complexity index is 279. The van der Waals surface area contributed by atoms with Crippen LogP contribution < -0.4 is 0 Å². The Morgan fingerprint density at radius 3 is 2.31 bits per heavy atom. The van der Waals surface area contributed by atoms with Crippen molar-refractivity contribution in [3.8, 4) is 0 Å². The number of rotatable bonds is 7. The number of hydrogen-bond acceptors (Lipinski definition) is 2. The largest absolute Gasteiger partial charge is 0.396 e. The summed E-state index contributed by atoms with van der Waals surface area (Å²) in [5, 5.41) is 18.1. The summed E-state index contributed by atoms with van der Waals surface area (Å²) >= 11 is 0. The lowest BCUT2D eigenvalue weighted by Gasteiger charge is -2.13. The first-order valence-corrected chi connectivity index (χ1v) is 6.12. The highest BCUT2D eigenvalue weighted by molar-refractivity contribution is 5.25. The Hall–Kier alpha value is -0.860. The zero-order chi connectivity index (χ0) is 11.8. The van der Waals surface area contributed by atoms with E-state index >= 15 is 0 Å². The molecule has 0 aliphatic carbocycles. The van der Waals surface area contributed by atoms with E-state index in [0.717, 1.165) is 12.0 Å². The molecule has 1 aromatic rings. The number of benzene rings is 1. The summed E-state index contributed by atoms with van der Waals surface area (Å²) in [5.41, 5.74) is 2.48. The molecule has 0 heterocycles. The second kappa shape index (κ2) is 7.42. The molecule has 0 saturated heterocycles. The number of unbranched alkanes of at least 4 members (excludes halogenated alkanes) is 1. The van der Waals surface area contributed by atoms with Gasteiger partial charge < -0.3 is 10.2 Å². The Morgan fingerprint density at radius 1 is 1.12 bits per heavy atom. The lowest BCUT2D eigenvalue weighted by Crippen LogP contribution is -2.06. The lowest BCUT2D eigenvalue weighted by molar-refractivity contribution is 0.220. The van der Waals surface area contributed by atoms with Gasteiger partial charge in [0.05, 0.1) is 6.61 Å². The highest BCUT2D eigenvalue weighted by Crippen LogP contribution is 2.19. The summed E-state index contributed by atoms with van der Waals surface area (Å²) in [6.07, 6.45) is 4.19. The minimum absolute atomic E-state index is 0.0743. The van der Waals surface area contributed by atoms with Crippen LogP contribution in [-0.2, 0) is 6.42 Å². The van der Waals surface area contributed by atoms with Crippen LogP contribution in [0.3, 0.4) is 0 Å². The van der Waals surface area contributed by atoms with Gasteiger partial charge >= 0.3 is 0 Å². The molecule has 90 valence electrons. The first kappa shape index (κ1) is 13.2. The molecule has 0 fully saturated rings. The summed E-state index contributed by atoms with van der Waals surface area (Å²) in [6.45, 7) is 2.43. The van der Waals surface area contributed by atoms with E-state index in [0.29, 0.717) is 6.42 Å². The van der Waals surface area contributed by atoms with E-state index in [1.807, 2.05) is 0 Å².